The molecular weight excluding hydrogens is 396 g/mol. The van der Waals surface area contributed by atoms with E-state index in [1.54, 1.807) is 60.7 Å². The summed E-state index contributed by atoms with van der Waals surface area (Å²) in [5, 5.41) is 24.5. The maximum absolute atomic E-state index is 12.4. The molecule has 0 heterocycles. The second-order valence-electron chi connectivity index (χ2n) is 5.42. The average molecular weight is 411 g/mol. The number of nitrogens with zero attached hydrogens (tertiary/aromatic N) is 1. The van der Waals surface area contributed by atoms with Crippen LogP contribution in [0.2, 0.25) is 0 Å². The largest absolute Gasteiger partial charge is 0.507 e. The lowest BCUT2D eigenvalue weighted by Gasteiger charge is -2.11. The van der Waals surface area contributed by atoms with Gasteiger partial charge < -0.3 is 10.2 Å². The summed E-state index contributed by atoms with van der Waals surface area (Å²) < 4.78 is 0.638. The molecule has 0 spiro atoms. The van der Waals surface area contributed by atoms with Gasteiger partial charge in [-0.25, -0.2) is 5.43 Å². The molecule has 26 heavy (non-hydrogen) atoms. The van der Waals surface area contributed by atoms with E-state index in [0.29, 0.717) is 21.2 Å². The van der Waals surface area contributed by atoms with Crippen LogP contribution >= 0.6 is 15.9 Å². The van der Waals surface area contributed by atoms with Gasteiger partial charge >= 0.3 is 0 Å². The van der Waals surface area contributed by atoms with Crippen LogP contribution in [0.4, 0.5) is 0 Å². The van der Waals surface area contributed by atoms with Crippen LogP contribution in [0.25, 0.3) is 0 Å². The number of rotatable bonds is 4. The van der Waals surface area contributed by atoms with Crippen LogP contribution in [0.15, 0.2) is 82.4 Å². The molecule has 3 rings (SSSR count). The van der Waals surface area contributed by atoms with Crippen molar-refractivity contribution in [3.8, 4) is 11.5 Å². The number of halogens is 1. The fourth-order valence-corrected chi connectivity index (χ4v) is 2.89. The summed E-state index contributed by atoms with van der Waals surface area (Å²) in [5.74, 6) is -0.435. The first kappa shape index (κ1) is 17.7. The molecule has 0 saturated carbocycles. The highest BCUT2D eigenvalue weighted by atomic mass is 79.9. The minimum absolute atomic E-state index is 0.00959. The van der Waals surface area contributed by atoms with Gasteiger partial charge in [0.05, 0.1) is 5.56 Å². The predicted molar refractivity (Wildman–Crippen MR) is 103 cm³/mol. The van der Waals surface area contributed by atoms with E-state index in [1.807, 2.05) is 0 Å². The SMILES string of the molecule is O=C(NN=C(c1ccccc1O)c1ccccc1O)c1ccccc1Br. The first-order valence-corrected chi connectivity index (χ1v) is 8.56. The summed E-state index contributed by atoms with van der Waals surface area (Å²) in [7, 11) is 0. The molecule has 0 radical (unpaired) electrons. The molecule has 0 aromatic heterocycles. The lowest BCUT2D eigenvalue weighted by atomic mass is 10.0. The Kier molecular flexibility index (Phi) is 5.34. The molecule has 0 bridgehead atoms. The minimum atomic E-state index is -0.416. The van der Waals surface area contributed by atoms with Crippen molar-refractivity contribution in [1.82, 2.24) is 5.43 Å². The molecule has 0 atom stereocenters. The number of benzene rings is 3. The van der Waals surface area contributed by atoms with Crippen molar-refractivity contribution in [3.63, 3.8) is 0 Å². The molecule has 0 aliphatic heterocycles. The van der Waals surface area contributed by atoms with Crippen LogP contribution in [0.5, 0.6) is 11.5 Å². The fraction of sp³-hybridized carbons (Fsp3) is 0. The number of hydrogen-bond acceptors (Lipinski definition) is 4. The Morgan fingerprint density at radius 2 is 1.23 bits per heavy atom. The van der Waals surface area contributed by atoms with Crippen LogP contribution in [0.1, 0.15) is 21.5 Å². The van der Waals surface area contributed by atoms with E-state index in [4.69, 9.17) is 0 Å². The van der Waals surface area contributed by atoms with Gasteiger partial charge in [0.2, 0.25) is 0 Å². The molecule has 1 amide bonds. The summed E-state index contributed by atoms with van der Waals surface area (Å²) in [6.07, 6.45) is 0. The van der Waals surface area contributed by atoms with E-state index in [1.165, 1.54) is 12.1 Å². The van der Waals surface area contributed by atoms with Gasteiger partial charge in [0, 0.05) is 15.6 Å². The number of nitrogens with one attached hydrogen (secondary N) is 1. The highest BCUT2D eigenvalue weighted by molar-refractivity contribution is 9.10. The number of para-hydroxylation sites is 2. The quantitative estimate of drug-likeness (QED) is 0.448. The zero-order valence-electron chi connectivity index (χ0n) is 13.6. The smallest absolute Gasteiger partial charge is 0.272 e. The lowest BCUT2D eigenvalue weighted by Crippen LogP contribution is -2.21. The maximum atomic E-state index is 12.4. The Morgan fingerprint density at radius 3 is 1.73 bits per heavy atom. The molecule has 0 fully saturated rings. The van der Waals surface area contributed by atoms with Crippen LogP contribution in [0, 0.1) is 0 Å². The van der Waals surface area contributed by atoms with E-state index < -0.39 is 5.91 Å². The van der Waals surface area contributed by atoms with Gasteiger partial charge in [0.1, 0.15) is 17.2 Å². The molecule has 0 aliphatic rings. The van der Waals surface area contributed by atoms with Gasteiger partial charge in [-0.1, -0.05) is 36.4 Å². The summed E-state index contributed by atoms with van der Waals surface area (Å²) >= 11 is 3.33. The van der Waals surface area contributed by atoms with Crippen molar-refractivity contribution in [2.75, 3.05) is 0 Å². The number of carbonyl (C=O) groups is 1. The average Bonchev–Trinajstić information content (AvgIpc) is 2.64. The highest BCUT2D eigenvalue weighted by Crippen LogP contribution is 2.25. The molecule has 3 aromatic carbocycles. The Bertz CT molecular complexity index is 939. The third-order valence-corrected chi connectivity index (χ3v) is 4.40. The summed E-state index contributed by atoms with van der Waals surface area (Å²) in [6.45, 7) is 0. The van der Waals surface area contributed by atoms with Crippen LogP contribution in [0.3, 0.4) is 0 Å². The minimum Gasteiger partial charge on any atom is -0.507 e. The van der Waals surface area contributed by atoms with Crippen LogP contribution < -0.4 is 5.43 Å². The number of amides is 1. The molecule has 130 valence electrons. The van der Waals surface area contributed by atoms with E-state index >= 15 is 0 Å². The number of carbonyl (C=O) groups excluding carboxylic acids is 1. The van der Waals surface area contributed by atoms with Crippen molar-refractivity contribution >= 4 is 27.5 Å². The van der Waals surface area contributed by atoms with Gasteiger partial charge in [-0.05, 0) is 52.3 Å². The lowest BCUT2D eigenvalue weighted by molar-refractivity contribution is 0.0954. The zero-order valence-corrected chi connectivity index (χ0v) is 15.1. The van der Waals surface area contributed by atoms with E-state index in [-0.39, 0.29) is 17.2 Å². The van der Waals surface area contributed by atoms with Crippen molar-refractivity contribution in [2.45, 2.75) is 0 Å². The summed E-state index contributed by atoms with van der Waals surface area (Å²) in [4.78, 5) is 12.4. The molecule has 6 heteroatoms. The van der Waals surface area contributed by atoms with Gasteiger partial charge in [-0.15, -0.1) is 0 Å². The maximum Gasteiger partial charge on any atom is 0.272 e. The van der Waals surface area contributed by atoms with Crippen molar-refractivity contribution < 1.29 is 15.0 Å². The zero-order chi connectivity index (χ0) is 18.5. The first-order chi connectivity index (χ1) is 12.6. The summed E-state index contributed by atoms with van der Waals surface area (Å²) in [6, 6.07) is 20.1. The topological polar surface area (TPSA) is 81.9 Å². The number of phenols is 2. The second kappa shape index (κ2) is 7.84. The molecule has 3 aromatic rings. The molecule has 0 saturated heterocycles. The monoisotopic (exact) mass is 410 g/mol. The number of hydrazone groups is 1. The van der Waals surface area contributed by atoms with Crippen molar-refractivity contribution in [3.05, 3.63) is 94.0 Å². The standard InChI is InChI=1S/C20H15BrN2O3/c21-16-10-4-1-7-13(16)20(26)23-22-19(14-8-2-5-11-17(14)24)15-9-3-6-12-18(15)25/h1-12,24-25H,(H,23,26). The summed E-state index contributed by atoms with van der Waals surface area (Å²) in [5.41, 5.74) is 3.94. The molecule has 0 unspecified atom stereocenters. The first-order valence-electron chi connectivity index (χ1n) is 7.77. The van der Waals surface area contributed by atoms with Gasteiger partial charge in [0.25, 0.3) is 5.91 Å². The molecule has 3 N–H and O–H groups in total. The molecule has 0 aliphatic carbocycles. The van der Waals surface area contributed by atoms with Crippen LogP contribution in [-0.4, -0.2) is 21.8 Å². The number of phenolic OH excluding ortho intramolecular Hbond substituents is 2. The Hall–Kier alpha value is -3.12. The number of aromatic hydroxyl groups is 2. The van der Waals surface area contributed by atoms with Gasteiger partial charge in [0.15, 0.2) is 0 Å². The normalized spacial score (nSPS) is 10.2. The van der Waals surface area contributed by atoms with Crippen molar-refractivity contribution in [1.29, 1.82) is 0 Å². The van der Waals surface area contributed by atoms with E-state index in [2.05, 4.69) is 26.5 Å². The Labute approximate surface area is 158 Å². The Balaban J connectivity index is 2.03. The fourth-order valence-electron chi connectivity index (χ4n) is 2.43. The highest BCUT2D eigenvalue weighted by Gasteiger charge is 2.16. The van der Waals surface area contributed by atoms with E-state index in [9.17, 15) is 15.0 Å². The van der Waals surface area contributed by atoms with Crippen molar-refractivity contribution in [2.24, 2.45) is 5.10 Å². The predicted octanol–water partition coefficient (Wildman–Crippen LogP) is 4.04. The molecular formula is C20H15BrN2O3. The van der Waals surface area contributed by atoms with E-state index in [0.717, 1.165) is 0 Å². The number of hydrogen-bond donors (Lipinski definition) is 3. The Morgan fingerprint density at radius 1 is 0.769 bits per heavy atom. The second-order valence-corrected chi connectivity index (χ2v) is 6.27. The molecule has 5 nitrogen and oxygen atoms in total. The third kappa shape index (κ3) is 3.75. The third-order valence-electron chi connectivity index (χ3n) is 3.71. The van der Waals surface area contributed by atoms with Gasteiger partial charge in [-0.2, -0.15) is 5.10 Å². The van der Waals surface area contributed by atoms with Crippen LogP contribution in [-0.2, 0) is 0 Å². The van der Waals surface area contributed by atoms with Gasteiger partial charge in [-0.3, -0.25) is 4.79 Å².